The van der Waals surface area contributed by atoms with Crippen LogP contribution in [0.4, 0.5) is 19.0 Å². The Labute approximate surface area is 104 Å². The molecule has 1 saturated heterocycles. The van der Waals surface area contributed by atoms with Crippen molar-refractivity contribution < 1.29 is 13.2 Å². The number of hydrogen-bond donors (Lipinski definition) is 0. The van der Waals surface area contributed by atoms with Gasteiger partial charge in [-0.3, -0.25) is 0 Å². The number of nitrogens with zero attached hydrogens (tertiary/aromatic N) is 3. The van der Waals surface area contributed by atoms with Crippen LogP contribution in [-0.4, -0.2) is 42.6 Å². The van der Waals surface area contributed by atoms with E-state index in [9.17, 15) is 13.2 Å². The molecule has 100 valence electrons. The molecule has 2 heterocycles. The first-order valence-electron chi connectivity index (χ1n) is 6.02. The Morgan fingerprint density at radius 2 is 1.83 bits per heavy atom. The fourth-order valence-electron chi connectivity index (χ4n) is 2.05. The summed E-state index contributed by atoms with van der Waals surface area (Å²) in [6, 6.07) is 4.06. The summed E-state index contributed by atoms with van der Waals surface area (Å²) in [5, 5.41) is 0. The normalized spacial score (nSPS) is 18.1. The number of hydrogen-bond acceptors (Lipinski definition) is 3. The van der Waals surface area contributed by atoms with Gasteiger partial charge in [0.15, 0.2) is 0 Å². The van der Waals surface area contributed by atoms with E-state index in [4.69, 9.17) is 0 Å². The Hall–Kier alpha value is -1.30. The fourth-order valence-corrected chi connectivity index (χ4v) is 2.05. The molecule has 1 aromatic rings. The van der Waals surface area contributed by atoms with Crippen LogP contribution in [0.5, 0.6) is 0 Å². The number of rotatable bonds is 2. The predicted octanol–water partition coefficient (Wildman–Crippen LogP) is 2.24. The van der Waals surface area contributed by atoms with Gasteiger partial charge in [-0.15, -0.1) is 0 Å². The van der Waals surface area contributed by atoms with Gasteiger partial charge in [0.05, 0.1) is 0 Å². The molecule has 0 atom stereocenters. The van der Waals surface area contributed by atoms with Crippen LogP contribution in [0.15, 0.2) is 18.2 Å². The minimum absolute atomic E-state index is 0.417. The Bertz CT molecular complexity index is 398. The van der Waals surface area contributed by atoms with Crippen molar-refractivity contribution in [2.75, 3.05) is 37.6 Å². The molecule has 0 unspecified atom stereocenters. The van der Waals surface area contributed by atoms with Crippen molar-refractivity contribution in [1.82, 2.24) is 9.88 Å². The summed E-state index contributed by atoms with van der Waals surface area (Å²) in [7, 11) is 0. The second kappa shape index (κ2) is 5.14. The van der Waals surface area contributed by atoms with Gasteiger partial charge in [-0.05, 0) is 18.7 Å². The van der Waals surface area contributed by atoms with Crippen LogP contribution in [0.3, 0.4) is 0 Å². The van der Waals surface area contributed by atoms with Crippen molar-refractivity contribution in [3.8, 4) is 0 Å². The third kappa shape index (κ3) is 2.93. The highest BCUT2D eigenvalue weighted by Gasteiger charge is 2.33. The van der Waals surface area contributed by atoms with Crippen LogP contribution in [0.1, 0.15) is 12.6 Å². The molecule has 2 rings (SSSR count). The molecular formula is C12H16F3N3. The summed E-state index contributed by atoms with van der Waals surface area (Å²) in [6.07, 6.45) is -4.37. The first-order chi connectivity index (χ1) is 8.50. The maximum atomic E-state index is 12.6. The lowest BCUT2D eigenvalue weighted by atomic mass is 10.3. The lowest BCUT2D eigenvalue weighted by molar-refractivity contribution is -0.141. The highest BCUT2D eigenvalue weighted by Crippen LogP contribution is 2.29. The number of likely N-dealkylation sites (N-methyl/N-ethyl adjacent to an activating group) is 1. The van der Waals surface area contributed by atoms with E-state index in [2.05, 4.69) is 16.8 Å². The van der Waals surface area contributed by atoms with E-state index in [1.54, 1.807) is 6.07 Å². The summed E-state index contributed by atoms with van der Waals surface area (Å²) in [4.78, 5) is 7.87. The maximum Gasteiger partial charge on any atom is 0.433 e. The number of pyridine rings is 1. The Balaban J connectivity index is 2.10. The van der Waals surface area contributed by atoms with Crippen molar-refractivity contribution in [2.45, 2.75) is 13.1 Å². The number of anilines is 1. The first kappa shape index (κ1) is 13.1. The quantitative estimate of drug-likeness (QED) is 0.812. The molecule has 0 aliphatic carbocycles. The van der Waals surface area contributed by atoms with Crippen molar-refractivity contribution in [3.63, 3.8) is 0 Å². The Morgan fingerprint density at radius 1 is 1.17 bits per heavy atom. The van der Waals surface area contributed by atoms with Gasteiger partial charge in [0, 0.05) is 26.2 Å². The molecule has 6 heteroatoms. The molecule has 1 aromatic heterocycles. The van der Waals surface area contributed by atoms with Crippen LogP contribution in [0.25, 0.3) is 0 Å². The molecule has 0 radical (unpaired) electrons. The van der Waals surface area contributed by atoms with Crippen LogP contribution in [0.2, 0.25) is 0 Å². The van der Waals surface area contributed by atoms with Crippen LogP contribution < -0.4 is 4.90 Å². The van der Waals surface area contributed by atoms with Gasteiger partial charge in [0.2, 0.25) is 0 Å². The molecule has 0 aromatic carbocycles. The number of aromatic nitrogens is 1. The lowest BCUT2D eigenvalue weighted by Gasteiger charge is -2.34. The maximum absolute atomic E-state index is 12.6. The van der Waals surface area contributed by atoms with E-state index < -0.39 is 11.9 Å². The summed E-state index contributed by atoms with van der Waals surface area (Å²) in [6.45, 7) is 6.25. The van der Waals surface area contributed by atoms with Crippen molar-refractivity contribution >= 4 is 5.82 Å². The van der Waals surface area contributed by atoms with Gasteiger partial charge in [-0.2, -0.15) is 13.2 Å². The van der Waals surface area contributed by atoms with E-state index in [1.165, 1.54) is 6.07 Å². The summed E-state index contributed by atoms with van der Waals surface area (Å²) >= 11 is 0. The molecule has 1 aliphatic heterocycles. The first-order valence-corrected chi connectivity index (χ1v) is 6.02. The summed E-state index contributed by atoms with van der Waals surface area (Å²) in [5.41, 5.74) is -0.821. The van der Waals surface area contributed by atoms with Crippen molar-refractivity contribution in [1.29, 1.82) is 0 Å². The average molecular weight is 259 g/mol. The highest BCUT2D eigenvalue weighted by atomic mass is 19.4. The van der Waals surface area contributed by atoms with Crippen LogP contribution in [-0.2, 0) is 6.18 Å². The molecule has 0 amide bonds. The number of piperazine rings is 1. The van der Waals surface area contributed by atoms with E-state index in [0.29, 0.717) is 5.82 Å². The van der Waals surface area contributed by atoms with Crippen molar-refractivity contribution in [3.05, 3.63) is 23.9 Å². The van der Waals surface area contributed by atoms with Gasteiger partial charge < -0.3 is 9.80 Å². The third-order valence-electron chi connectivity index (χ3n) is 3.17. The Kier molecular flexibility index (Phi) is 3.75. The average Bonchev–Trinajstić information content (AvgIpc) is 2.38. The lowest BCUT2D eigenvalue weighted by Crippen LogP contribution is -2.46. The molecule has 0 spiro atoms. The number of alkyl halides is 3. The molecule has 0 saturated carbocycles. The summed E-state index contributed by atoms with van der Waals surface area (Å²) < 4.78 is 37.7. The molecule has 3 nitrogen and oxygen atoms in total. The molecule has 1 aliphatic rings. The number of halogens is 3. The van der Waals surface area contributed by atoms with E-state index in [0.717, 1.165) is 38.8 Å². The van der Waals surface area contributed by atoms with E-state index in [-0.39, 0.29) is 0 Å². The van der Waals surface area contributed by atoms with Gasteiger partial charge >= 0.3 is 6.18 Å². The molecule has 0 bridgehead atoms. The van der Waals surface area contributed by atoms with Gasteiger partial charge in [-0.25, -0.2) is 4.98 Å². The topological polar surface area (TPSA) is 19.4 Å². The molecule has 0 N–H and O–H groups in total. The minimum Gasteiger partial charge on any atom is -0.354 e. The summed E-state index contributed by atoms with van der Waals surface area (Å²) in [5.74, 6) is 0.417. The van der Waals surface area contributed by atoms with Gasteiger partial charge in [0.25, 0.3) is 0 Å². The molecule has 18 heavy (non-hydrogen) atoms. The zero-order valence-corrected chi connectivity index (χ0v) is 10.2. The Morgan fingerprint density at radius 3 is 2.39 bits per heavy atom. The van der Waals surface area contributed by atoms with Gasteiger partial charge in [-0.1, -0.05) is 13.0 Å². The largest absolute Gasteiger partial charge is 0.433 e. The molecule has 1 fully saturated rings. The zero-order chi connectivity index (χ0) is 13.2. The van der Waals surface area contributed by atoms with Crippen LogP contribution >= 0.6 is 0 Å². The van der Waals surface area contributed by atoms with Crippen molar-refractivity contribution in [2.24, 2.45) is 0 Å². The highest BCUT2D eigenvalue weighted by molar-refractivity contribution is 5.40. The zero-order valence-electron chi connectivity index (χ0n) is 10.2. The monoisotopic (exact) mass is 259 g/mol. The minimum atomic E-state index is -4.37. The smallest absolute Gasteiger partial charge is 0.354 e. The molecular weight excluding hydrogens is 243 g/mol. The van der Waals surface area contributed by atoms with E-state index in [1.807, 2.05) is 4.90 Å². The SMILES string of the molecule is CCN1CCN(c2cccc(C(F)(F)F)n2)CC1. The predicted molar refractivity (Wildman–Crippen MR) is 63.6 cm³/mol. The van der Waals surface area contributed by atoms with Gasteiger partial charge in [0.1, 0.15) is 11.5 Å². The second-order valence-corrected chi connectivity index (χ2v) is 4.30. The van der Waals surface area contributed by atoms with E-state index >= 15 is 0 Å². The standard InChI is InChI=1S/C12H16F3N3/c1-2-17-6-8-18(9-7-17)11-5-3-4-10(16-11)12(13,14)15/h3-5H,2,6-9H2,1H3. The second-order valence-electron chi connectivity index (χ2n) is 4.30. The van der Waals surface area contributed by atoms with Crippen LogP contribution in [0, 0.1) is 0 Å². The fraction of sp³-hybridized carbons (Fsp3) is 0.583. The third-order valence-corrected chi connectivity index (χ3v) is 3.17.